The third-order valence-corrected chi connectivity index (χ3v) is 2.07. The van der Waals surface area contributed by atoms with Crippen LogP contribution in [0.3, 0.4) is 0 Å². The van der Waals surface area contributed by atoms with Gasteiger partial charge in [-0.25, -0.2) is 9.78 Å². The summed E-state index contributed by atoms with van der Waals surface area (Å²) in [4.78, 5) is 14.2. The lowest BCUT2D eigenvalue weighted by Crippen LogP contribution is -2.17. The number of aromatic nitrogens is 1. The number of halogens is 3. The highest BCUT2D eigenvalue weighted by Gasteiger charge is 2.32. The molecule has 0 aliphatic heterocycles. The number of carboxylic acids is 1. The molecule has 1 heterocycles. The number of hydrogen-bond acceptors (Lipinski definition) is 4. The minimum Gasteiger partial charge on any atom is -0.476 e. The summed E-state index contributed by atoms with van der Waals surface area (Å²) in [6, 6.07) is 5.14. The third kappa shape index (κ3) is 3.03. The predicted molar refractivity (Wildman–Crippen MR) is 55.6 cm³/mol. The van der Waals surface area contributed by atoms with Crippen molar-refractivity contribution < 1.29 is 32.2 Å². The first-order valence-electron chi connectivity index (χ1n) is 4.91. The first-order chi connectivity index (χ1) is 8.87. The van der Waals surface area contributed by atoms with E-state index in [4.69, 9.17) is 9.52 Å². The van der Waals surface area contributed by atoms with Crippen molar-refractivity contribution in [1.29, 1.82) is 0 Å². The number of carboxylic acid groups (broad SMARTS) is 1. The molecule has 0 saturated carbocycles. The maximum absolute atomic E-state index is 12.2. The number of benzene rings is 1. The van der Waals surface area contributed by atoms with Crippen LogP contribution < -0.4 is 4.74 Å². The number of alkyl halides is 3. The van der Waals surface area contributed by atoms with Crippen molar-refractivity contribution in [3.63, 3.8) is 0 Å². The van der Waals surface area contributed by atoms with Gasteiger partial charge in [0.1, 0.15) is 12.0 Å². The van der Waals surface area contributed by atoms with Crippen molar-refractivity contribution in [2.75, 3.05) is 0 Å². The van der Waals surface area contributed by atoms with Crippen LogP contribution in [0.5, 0.6) is 5.75 Å². The number of aromatic carboxylic acids is 1. The highest BCUT2D eigenvalue weighted by atomic mass is 19.4. The molecule has 0 fully saturated rings. The van der Waals surface area contributed by atoms with Crippen molar-refractivity contribution in [3.05, 3.63) is 36.2 Å². The summed E-state index contributed by atoms with van der Waals surface area (Å²) in [5.41, 5.74) is -0.496. The normalized spacial score (nSPS) is 11.3. The lowest BCUT2D eigenvalue weighted by molar-refractivity contribution is -0.274. The second-order valence-corrected chi connectivity index (χ2v) is 3.39. The average molecular weight is 273 g/mol. The monoisotopic (exact) mass is 273 g/mol. The molecule has 2 rings (SSSR count). The Morgan fingerprint density at radius 2 is 2.00 bits per heavy atom. The second-order valence-electron chi connectivity index (χ2n) is 3.39. The van der Waals surface area contributed by atoms with Gasteiger partial charge in [0.25, 0.3) is 0 Å². The first kappa shape index (κ1) is 12.9. The van der Waals surface area contributed by atoms with E-state index < -0.39 is 23.8 Å². The van der Waals surface area contributed by atoms with Crippen molar-refractivity contribution >= 4 is 5.97 Å². The second kappa shape index (κ2) is 4.63. The van der Waals surface area contributed by atoms with Gasteiger partial charge in [-0.1, -0.05) is 12.1 Å². The number of carbonyl (C=O) groups is 1. The number of nitrogens with zero attached hydrogens (tertiary/aromatic N) is 1. The summed E-state index contributed by atoms with van der Waals surface area (Å²) < 4.78 is 45.2. The summed E-state index contributed by atoms with van der Waals surface area (Å²) >= 11 is 0. The van der Waals surface area contributed by atoms with Gasteiger partial charge in [0.05, 0.1) is 5.56 Å². The van der Waals surface area contributed by atoms with Gasteiger partial charge in [0.15, 0.2) is 5.69 Å². The topological polar surface area (TPSA) is 72.6 Å². The van der Waals surface area contributed by atoms with Gasteiger partial charge in [0.2, 0.25) is 5.89 Å². The fourth-order valence-electron chi connectivity index (χ4n) is 1.35. The highest BCUT2D eigenvalue weighted by molar-refractivity contribution is 5.85. The molecule has 0 saturated heterocycles. The fourth-order valence-corrected chi connectivity index (χ4v) is 1.35. The van der Waals surface area contributed by atoms with Crippen LogP contribution in [0.1, 0.15) is 10.5 Å². The van der Waals surface area contributed by atoms with Crippen LogP contribution in [0, 0.1) is 0 Å². The Morgan fingerprint density at radius 1 is 1.32 bits per heavy atom. The van der Waals surface area contributed by atoms with E-state index in [0.29, 0.717) is 0 Å². The van der Waals surface area contributed by atoms with Crippen molar-refractivity contribution in [3.8, 4) is 17.2 Å². The smallest absolute Gasteiger partial charge is 0.476 e. The molecule has 0 spiro atoms. The zero-order chi connectivity index (χ0) is 14.0. The minimum absolute atomic E-state index is 0.0904. The summed E-state index contributed by atoms with van der Waals surface area (Å²) in [5.74, 6) is -2.13. The number of para-hydroxylation sites is 1. The van der Waals surface area contributed by atoms with E-state index >= 15 is 0 Å². The molecule has 0 bridgehead atoms. The van der Waals surface area contributed by atoms with Gasteiger partial charge >= 0.3 is 12.3 Å². The lowest BCUT2D eigenvalue weighted by atomic mass is 10.2. The number of oxazole rings is 1. The van der Waals surface area contributed by atoms with Crippen molar-refractivity contribution in [1.82, 2.24) is 4.98 Å². The van der Waals surface area contributed by atoms with E-state index in [-0.39, 0.29) is 11.5 Å². The largest absolute Gasteiger partial charge is 0.573 e. The molecule has 100 valence electrons. The highest BCUT2D eigenvalue weighted by Crippen LogP contribution is 2.33. The molecule has 0 amide bonds. The summed E-state index contributed by atoms with van der Waals surface area (Å²) in [5, 5.41) is 8.67. The Hall–Kier alpha value is -2.51. The predicted octanol–water partition coefficient (Wildman–Crippen LogP) is 2.94. The molecule has 5 nitrogen and oxygen atoms in total. The van der Waals surface area contributed by atoms with E-state index in [1.165, 1.54) is 18.2 Å². The molecular weight excluding hydrogens is 267 g/mol. The van der Waals surface area contributed by atoms with E-state index in [0.717, 1.165) is 12.3 Å². The Morgan fingerprint density at radius 3 is 2.58 bits per heavy atom. The molecule has 1 N–H and O–H groups in total. The average Bonchev–Trinajstić information content (AvgIpc) is 2.76. The summed E-state index contributed by atoms with van der Waals surface area (Å²) in [6.45, 7) is 0. The van der Waals surface area contributed by atoms with Crippen molar-refractivity contribution in [2.24, 2.45) is 0 Å². The van der Waals surface area contributed by atoms with E-state index in [1.807, 2.05) is 0 Å². The number of rotatable bonds is 3. The Kier molecular flexibility index (Phi) is 3.16. The first-order valence-corrected chi connectivity index (χ1v) is 4.91. The maximum Gasteiger partial charge on any atom is 0.573 e. The molecule has 8 heteroatoms. The van der Waals surface area contributed by atoms with E-state index in [9.17, 15) is 18.0 Å². The number of hydrogen-bond donors (Lipinski definition) is 1. The molecule has 0 unspecified atom stereocenters. The lowest BCUT2D eigenvalue weighted by Gasteiger charge is -2.10. The molecule has 0 atom stereocenters. The zero-order valence-electron chi connectivity index (χ0n) is 9.14. The third-order valence-electron chi connectivity index (χ3n) is 2.07. The zero-order valence-corrected chi connectivity index (χ0v) is 9.14. The van der Waals surface area contributed by atoms with Crippen LogP contribution in [0.4, 0.5) is 13.2 Å². The molecule has 1 aromatic carbocycles. The van der Waals surface area contributed by atoms with Gasteiger partial charge in [0, 0.05) is 0 Å². The van der Waals surface area contributed by atoms with Crippen LogP contribution in [-0.2, 0) is 0 Å². The molecule has 1 aromatic heterocycles. The van der Waals surface area contributed by atoms with Gasteiger partial charge in [-0.2, -0.15) is 0 Å². The van der Waals surface area contributed by atoms with Crippen LogP contribution >= 0.6 is 0 Å². The van der Waals surface area contributed by atoms with Crippen LogP contribution in [-0.4, -0.2) is 22.4 Å². The van der Waals surface area contributed by atoms with E-state index in [1.54, 1.807) is 0 Å². The summed E-state index contributed by atoms with van der Waals surface area (Å²) in [7, 11) is 0. The van der Waals surface area contributed by atoms with Gasteiger partial charge in [-0.3, -0.25) is 0 Å². The van der Waals surface area contributed by atoms with Crippen LogP contribution in [0.2, 0.25) is 0 Å². The molecule has 0 radical (unpaired) electrons. The fraction of sp³-hybridized carbons (Fsp3) is 0.0909. The Labute approximate surface area is 104 Å². The summed E-state index contributed by atoms with van der Waals surface area (Å²) in [6.07, 6.45) is -4.03. The van der Waals surface area contributed by atoms with Gasteiger partial charge in [-0.15, -0.1) is 13.2 Å². The molecular formula is C11H6F3NO4. The molecule has 19 heavy (non-hydrogen) atoms. The molecule has 0 aliphatic rings. The number of ether oxygens (including phenoxy) is 1. The molecule has 0 aliphatic carbocycles. The maximum atomic E-state index is 12.2. The van der Waals surface area contributed by atoms with E-state index in [2.05, 4.69) is 9.72 Å². The minimum atomic E-state index is -4.86. The van der Waals surface area contributed by atoms with Crippen LogP contribution in [0.15, 0.2) is 34.9 Å². The van der Waals surface area contributed by atoms with Gasteiger partial charge in [-0.05, 0) is 12.1 Å². The Bertz CT molecular complexity index is 606. The molecule has 2 aromatic rings. The quantitative estimate of drug-likeness (QED) is 0.930. The standard InChI is InChI=1S/C11H6F3NO4/c12-11(13,14)19-8-4-2-1-3-6(8)9-15-7(5-18-9)10(16)17/h1-5H,(H,16,17). The van der Waals surface area contributed by atoms with Crippen LogP contribution in [0.25, 0.3) is 11.5 Å². The van der Waals surface area contributed by atoms with Crippen molar-refractivity contribution in [2.45, 2.75) is 6.36 Å². The SMILES string of the molecule is O=C(O)c1coc(-c2ccccc2OC(F)(F)F)n1. The van der Waals surface area contributed by atoms with Gasteiger partial charge < -0.3 is 14.3 Å². The Balaban J connectivity index is 2.41.